The van der Waals surface area contributed by atoms with Gasteiger partial charge in [0.05, 0.1) is 18.2 Å². The number of aryl methyl sites for hydroxylation is 1. The Labute approximate surface area is 147 Å². The second-order valence-electron chi connectivity index (χ2n) is 5.57. The first-order valence-corrected chi connectivity index (χ1v) is 7.40. The predicted octanol–water partition coefficient (Wildman–Crippen LogP) is 3.63. The summed E-state index contributed by atoms with van der Waals surface area (Å²) in [4.78, 5) is 0. The Hall–Kier alpha value is -3.52. The van der Waals surface area contributed by atoms with E-state index in [4.69, 9.17) is 16.4 Å². The summed E-state index contributed by atoms with van der Waals surface area (Å²) >= 11 is 0. The fourth-order valence-electron chi connectivity index (χ4n) is 2.44. The number of allylic oxidation sites excluding steroid dienone is 2. The molecule has 2 aromatic rings. The molecule has 26 heavy (non-hydrogen) atoms. The molecular weight excluding hydrogens is 343 g/mol. The van der Waals surface area contributed by atoms with E-state index < -0.39 is 11.9 Å². The molecular formula is C18H14F3N5. The molecule has 0 saturated heterocycles. The third kappa shape index (κ3) is 3.93. The molecule has 0 aliphatic heterocycles. The average Bonchev–Trinajstić information content (AvgIpc) is 2.89. The number of hydrogen-bond donors (Lipinski definition) is 2. The van der Waals surface area contributed by atoms with E-state index in [1.165, 1.54) is 4.57 Å². The van der Waals surface area contributed by atoms with Crippen LogP contribution < -0.4 is 5.73 Å². The first kappa shape index (κ1) is 18.8. The van der Waals surface area contributed by atoms with Gasteiger partial charge in [0.1, 0.15) is 17.5 Å². The van der Waals surface area contributed by atoms with Crippen LogP contribution in [0.15, 0.2) is 42.1 Å². The maximum absolute atomic E-state index is 12.5. The maximum Gasteiger partial charge on any atom is 0.432 e. The van der Waals surface area contributed by atoms with Gasteiger partial charge in [0.15, 0.2) is 0 Å². The Morgan fingerprint density at radius 3 is 2.35 bits per heavy atom. The smallest absolute Gasteiger partial charge is 0.401 e. The highest BCUT2D eigenvalue weighted by molar-refractivity contribution is 5.97. The van der Waals surface area contributed by atoms with E-state index >= 15 is 0 Å². The van der Waals surface area contributed by atoms with Gasteiger partial charge in [0, 0.05) is 17.0 Å². The van der Waals surface area contributed by atoms with Crippen LogP contribution in [-0.2, 0) is 6.54 Å². The van der Waals surface area contributed by atoms with Crippen molar-refractivity contribution in [2.75, 3.05) is 0 Å². The first-order valence-electron chi connectivity index (χ1n) is 7.40. The lowest BCUT2D eigenvalue weighted by Crippen LogP contribution is -2.22. The molecule has 0 atom stereocenters. The number of nitrogens with one attached hydrogen (secondary N) is 1. The summed E-state index contributed by atoms with van der Waals surface area (Å²) in [5.41, 5.74) is 6.54. The van der Waals surface area contributed by atoms with Crippen LogP contribution in [-0.4, -0.2) is 16.5 Å². The van der Waals surface area contributed by atoms with Crippen molar-refractivity contribution >= 4 is 5.71 Å². The van der Waals surface area contributed by atoms with Crippen molar-refractivity contribution in [1.82, 2.24) is 4.57 Å². The van der Waals surface area contributed by atoms with E-state index in [1.54, 1.807) is 37.3 Å². The lowest BCUT2D eigenvalue weighted by molar-refractivity contribution is -0.0584. The number of nitrogens with zero attached hydrogens (tertiary/aromatic N) is 3. The van der Waals surface area contributed by atoms with E-state index in [1.807, 2.05) is 12.1 Å². The van der Waals surface area contributed by atoms with Crippen LogP contribution in [0.2, 0.25) is 0 Å². The fourth-order valence-corrected chi connectivity index (χ4v) is 2.44. The number of alkyl halides is 3. The molecule has 1 aromatic heterocycles. The molecule has 2 rings (SSSR count). The molecule has 0 fully saturated rings. The molecule has 3 N–H and O–H groups in total. The van der Waals surface area contributed by atoms with Crippen LogP contribution in [0.4, 0.5) is 13.2 Å². The van der Waals surface area contributed by atoms with Gasteiger partial charge in [-0.15, -0.1) is 0 Å². The minimum atomic E-state index is -4.78. The van der Waals surface area contributed by atoms with Crippen LogP contribution in [0, 0.1) is 35.0 Å². The highest BCUT2D eigenvalue weighted by Gasteiger charge is 2.32. The van der Waals surface area contributed by atoms with Gasteiger partial charge in [-0.05, 0) is 36.8 Å². The molecule has 0 aliphatic carbocycles. The minimum absolute atomic E-state index is 0.149. The van der Waals surface area contributed by atoms with Gasteiger partial charge in [0.2, 0.25) is 0 Å². The van der Waals surface area contributed by atoms with Crippen LogP contribution >= 0.6 is 0 Å². The van der Waals surface area contributed by atoms with Crippen molar-refractivity contribution < 1.29 is 13.2 Å². The molecule has 0 unspecified atom stereocenters. The molecule has 1 heterocycles. The SMILES string of the molecule is Cc1cc(-c2ccc(C#N)cc2)c(C#N)n1C/C(N)=C/C(=N)C(F)(F)F. The van der Waals surface area contributed by atoms with Crippen molar-refractivity contribution in [3.63, 3.8) is 0 Å². The van der Waals surface area contributed by atoms with Gasteiger partial charge in [-0.1, -0.05) is 12.1 Å². The number of aromatic nitrogens is 1. The zero-order valence-corrected chi connectivity index (χ0v) is 13.7. The molecule has 8 heteroatoms. The first-order chi connectivity index (χ1) is 12.2. The zero-order chi connectivity index (χ0) is 19.5. The predicted molar refractivity (Wildman–Crippen MR) is 90.1 cm³/mol. The Morgan fingerprint density at radius 2 is 1.85 bits per heavy atom. The van der Waals surface area contributed by atoms with Crippen LogP contribution in [0.3, 0.4) is 0 Å². The summed E-state index contributed by atoms with van der Waals surface area (Å²) in [5.74, 6) is 0. The van der Waals surface area contributed by atoms with Gasteiger partial charge in [0.25, 0.3) is 0 Å². The van der Waals surface area contributed by atoms with E-state index in [-0.39, 0.29) is 17.9 Å². The van der Waals surface area contributed by atoms with Gasteiger partial charge < -0.3 is 10.3 Å². The summed E-state index contributed by atoms with van der Waals surface area (Å²) in [6.07, 6.45) is -4.23. The zero-order valence-electron chi connectivity index (χ0n) is 13.7. The van der Waals surface area contributed by atoms with Crippen LogP contribution in [0.5, 0.6) is 0 Å². The van der Waals surface area contributed by atoms with Crippen molar-refractivity contribution in [2.45, 2.75) is 19.6 Å². The highest BCUT2D eigenvalue weighted by Crippen LogP contribution is 2.28. The molecule has 0 amide bonds. The molecule has 1 aromatic carbocycles. The summed E-state index contributed by atoms with van der Waals surface area (Å²) in [7, 11) is 0. The maximum atomic E-state index is 12.5. The van der Waals surface area contributed by atoms with E-state index in [0.29, 0.717) is 28.5 Å². The molecule has 0 bridgehead atoms. The molecule has 0 spiro atoms. The largest absolute Gasteiger partial charge is 0.432 e. The number of nitrogens with two attached hydrogens (primary N) is 1. The molecule has 132 valence electrons. The highest BCUT2D eigenvalue weighted by atomic mass is 19.4. The Kier molecular flexibility index (Phi) is 5.18. The Balaban J connectivity index is 2.41. The summed E-state index contributed by atoms with van der Waals surface area (Å²) in [5, 5.41) is 25.3. The van der Waals surface area contributed by atoms with Crippen molar-refractivity contribution in [3.8, 4) is 23.3 Å². The van der Waals surface area contributed by atoms with Gasteiger partial charge >= 0.3 is 6.18 Å². The average molecular weight is 357 g/mol. The lowest BCUT2D eigenvalue weighted by Gasteiger charge is -2.10. The number of rotatable bonds is 4. The summed E-state index contributed by atoms with van der Waals surface area (Å²) < 4.78 is 38.8. The van der Waals surface area contributed by atoms with E-state index in [0.717, 1.165) is 0 Å². The topological polar surface area (TPSA) is 102 Å². The number of halogens is 3. The normalized spacial score (nSPS) is 11.7. The van der Waals surface area contributed by atoms with Crippen molar-refractivity contribution in [3.05, 3.63) is 59.1 Å². The van der Waals surface area contributed by atoms with Crippen LogP contribution in [0.1, 0.15) is 17.0 Å². The summed E-state index contributed by atoms with van der Waals surface area (Å²) in [6, 6.07) is 12.4. The Bertz CT molecular complexity index is 951. The third-order valence-electron chi connectivity index (χ3n) is 3.71. The molecule has 5 nitrogen and oxygen atoms in total. The molecule has 0 aliphatic rings. The number of benzene rings is 1. The standard InChI is InChI=1S/C18H14F3N5/c1-11-6-15(13-4-2-12(8-22)3-5-13)16(9-23)26(11)10-14(24)7-17(25)18(19,20)21/h2-7,25H,10,24H2,1H3/b14-7-,25-17?. The monoisotopic (exact) mass is 357 g/mol. The van der Waals surface area contributed by atoms with Crippen LogP contribution in [0.25, 0.3) is 11.1 Å². The van der Waals surface area contributed by atoms with Gasteiger partial charge in [-0.3, -0.25) is 5.41 Å². The third-order valence-corrected chi connectivity index (χ3v) is 3.71. The second kappa shape index (κ2) is 7.16. The van der Waals surface area contributed by atoms with Gasteiger partial charge in [-0.25, -0.2) is 0 Å². The molecule has 0 radical (unpaired) electrons. The van der Waals surface area contributed by atoms with Crippen molar-refractivity contribution in [1.29, 1.82) is 15.9 Å². The lowest BCUT2D eigenvalue weighted by atomic mass is 10.0. The number of hydrogen-bond acceptors (Lipinski definition) is 4. The van der Waals surface area contributed by atoms with Crippen molar-refractivity contribution in [2.24, 2.45) is 5.73 Å². The molecule has 0 saturated carbocycles. The summed E-state index contributed by atoms with van der Waals surface area (Å²) in [6.45, 7) is 1.56. The Morgan fingerprint density at radius 1 is 1.23 bits per heavy atom. The minimum Gasteiger partial charge on any atom is -0.401 e. The second-order valence-corrected chi connectivity index (χ2v) is 5.57. The van der Waals surface area contributed by atoms with Gasteiger partial charge in [-0.2, -0.15) is 23.7 Å². The number of nitriles is 2. The quantitative estimate of drug-likeness (QED) is 0.817. The van der Waals surface area contributed by atoms with E-state index in [9.17, 15) is 18.4 Å². The fraction of sp³-hybridized carbons (Fsp3) is 0.167. The van der Waals surface area contributed by atoms with E-state index in [2.05, 4.69) is 0 Å².